The predicted molar refractivity (Wildman–Crippen MR) is 75.0 cm³/mol. The van der Waals surface area contributed by atoms with E-state index in [9.17, 15) is 4.79 Å². The highest BCUT2D eigenvalue weighted by molar-refractivity contribution is 5.82. The topological polar surface area (TPSA) is 47.8 Å². The van der Waals surface area contributed by atoms with Crippen molar-refractivity contribution in [3.63, 3.8) is 0 Å². The van der Waals surface area contributed by atoms with Crippen molar-refractivity contribution in [1.82, 2.24) is 0 Å². The number of fused-ring (bicyclic) bond motifs is 3. The number of hydrogen-bond donors (Lipinski definition) is 0. The summed E-state index contributed by atoms with van der Waals surface area (Å²) in [4.78, 5) is 11.5. The first-order chi connectivity index (χ1) is 10.2. The Balaban J connectivity index is 1.83. The number of hydrogen-bond acceptors (Lipinski definition) is 4. The summed E-state index contributed by atoms with van der Waals surface area (Å²) in [6.07, 6.45) is 5.34. The Morgan fingerprint density at radius 1 is 1.29 bits per heavy atom. The molecule has 2 atom stereocenters. The first-order valence-corrected chi connectivity index (χ1v) is 7.44. The molecule has 0 bridgehead atoms. The lowest BCUT2D eigenvalue weighted by molar-refractivity contribution is -0.584. The smallest absolute Gasteiger partial charge is 0.303 e. The number of carbonyl (C=O) groups excluding carboxylic acids is 1. The van der Waals surface area contributed by atoms with Crippen molar-refractivity contribution in [3.8, 4) is 11.5 Å². The molecule has 0 aromatic heterocycles. The largest absolute Gasteiger partial charge is 0.454 e. The van der Waals surface area contributed by atoms with E-state index >= 15 is 0 Å². The van der Waals surface area contributed by atoms with Gasteiger partial charge in [-0.3, -0.25) is 4.79 Å². The molecule has 1 aromatic carbocycles. The van der Waals surface area contributed by atoms with Crippen molar-refractivity contribution in [1.29, 1.82) is 0 Å². The molecule has 21 heavy (non-hydrogen) atoms. The lowest BCUT2D eigenvalue weighted by Gasteiger charge is -2.31. The second-order valence-electron chi connectivity index (χ2n) is 5.79. The molecule has 0 radical (unpaired) electrons. The second kappa shape index (κ2) is 4.76. The molecule has 0 amide bonds. The molecular formula is C16H18NO4+. The van der Waals surface area contributed by atoms with E-state index in [0.717, 1.165) is 35.6 Å². The molecule has 0 N–H and O–H groups in total. The molecule has 4 rings (SSSR count). The molecule has 3 heterocycles. The molecule has 1 fully saturated rings. The number of esters is 1. The van der Waals surface area contributed by atoms with Gasteiger partial charge in [0, 0.05) is 30.9 Å². The lowest BCUT2D eigenvalue weighted by atomic mass is 9.88. The summed E-state index contributed by atoms with van der Waals surface area (Å²) in [5.74, 6) is 1.27. The third-order valence-electron chi connectivity index (χ3n) is 4.42. The Morgan fingerprint density at radius 2 is 2.10 bits per heavy atom. The van der Waals surface area contributed by atoms with Crippen LogP contribution in [0.25, 0.3) is 0 Å². The molecule has 0 aliphatic carbocycles. The average molecular weight is 288 g/mol. The fourth-order valence-electron chi connectivity index (χ4n) is 3.50. The maximum absolute atomic E-state index is 11.5. The van der Waals surface area contributed by atoms with Gasteiger partial charge < -0.3 is 14.2 Å². The van der Waals surface area contributed by atoms with Gasteiger partial charge in [-0.2, -0.15) is 0 Å². The van der Waals surface area contributed by atoms with Crippen LogP contribution in [0.15, 0.2) is 12.1 Å². The van der Waals surface area contributed by atoms with Gasteiger partial charge in [-0.15, -0.1) is 0 Å². The molecule has 3 aliphatic rings. The summed E-state index contributed by atoms with van der Waals surface area (Å²) in [7, 11) is 0. The molecule has 1 saturated heterocycles. The zero-order chi connectivity index (χ0) is 14.4. The van der Waals surface area contributed by atoms with Crippen molar-refractivity contribution in [2.24, 2.45) is 0 Å². The first-order valence-electron chi connectivity index (χ1n) is 7.44. The first kappa shape index (κ1) is 12.7. The third-order valence-corrected chi connectivity index (χ3v) is 4.42. The van der Waals surface area contributed by atoms with Crippen LogP contribution in [0.1, 0.15) is 43.4 Å². The van der Waals surface area contributed by atoms with Crippen LogP contribution in [0.4, 0.5) is 0 Å². The van der Waals surface area contributed by atoms with Gasteiger partial charge in [0.25, 0.3) is 0 Å². The summed E-state index contributed by atoms with van der Waals surface area (Å²) in [5, 5.41) is 0. The summed E-state index contributed by atoms with van der Waals surface area (Å²) in [5.41, 5.74) is 2.08. The summed E-state index contributed by atoms with van der Waals surface area (Å²) < 4.78 is 18.9. The average Bonchev–Trinajstić information content (AvgIpc) is 2.92. The quantitative estimate of drug-likeness (QED) is 0.586. The van der Waals surface area contributed by atoms with Crippen LogP contribution in [-0.2, 0) is 9.53 Å². The molecule has 5 heteroatoms. The van der Waals surface area contributed by atoms with E-state index in [0.29, 0.717) is 0 Å². The zero-order valence-electron chi connectivity index (χ0n) is 12.0. The van der Waals surface area contributed by atoms with Gasteiger partial charge in [-0.05, 0) is 18.6 Å². The van der Waals surface area contributed by atoms with Crippen LogP contribution in [0.2, 0.25) is 0 Å². The molecule has 0 spiro atoms. The Morgan fingerprint density at radius 3 is 2.90 bits per heavy atom. The minimum Gasteiger partial charge on any atom is -0.454 e. The molecule has 0 unspecified atom stereocenters. The monoisotopic (exact) mass is 288 g/mol. The summed E-state index contributed by atoms with van der Waals surface area (Å²) >= 11 is 0. The molecule has 5 nitrogen and oxygen atoms in total. The number of nitrogens with zero attached hydrogens (tertiary/aromatic N) is 1. The van der Waals surface area contributed by atoms with Gasteiger partial charge in [0.15, 0.2) is 29.9 Å². The highest BCUT2D eigenvalue weighted by Crippen LogP contribution is 2.41. The number of piperidine rings is 1. The van der Waals surface area contributed by atoms with Crippen molar-refractivity contribution in [3.05, 3.63) is 23.3 Å². The van der Waals surface area contributed by atoms with Crippen LogP contribution in [0.5, 0.6) is 11.5 Å². The molecule has 110 valence electrons. The Hall–Kier alpha value is -2.04. The van der Waals surface area contributed by atoms with Crippen LogP contribution in [0, 0.1) is 0 Å². The maximum atomic E-state index is 11.5. The zero-order valence-corrected chi connectivity index (χ0v) is 12.0. The molecule has 1 aromatic rings. The van der Waals surface area contributed by atoms with Crippen LogP contribution in [-0.4, -0.2) is 36.1 Å². The van der Waals surface area contributed by atoms with E-state index in [-0.39, 0.29) is 24.9 Å². The van der Waals surface area contributed by atoms with E-state index in [1.54, 1.807) is 0 Å². The van der Waals surface area contributed by atoms with Gasteiger partial charge in [0.1, 0.15) is 6.54 Å². The van der Waals surface area contributed by atoms with Crippen LogP contribution >= 0.6 is 0 Å². The Kier molecular flexibility index (Phi) is 2.87. The van der Waals surface area contributed by atoms with Gasteiger partial charge in [0.2, 0.25) is 6.79 Å². The maximum Gasteiger partial charge on any atom is 0.303 e. The van der Waals surface area contributed by atoms with E-state index in [4.69, 9.17) is 14.2 Å². The number of rotatable bonds is 1. The van der Waals surface area contributed by atoms with E-state index in [1.807, 2.05) is 12.1 Å². The Labute approximate surface area is 123 Å². The van der Waals surface area contributed by atoms with Gasteiger partial charge >= 0.3 is 5.97 Å². The van der Waals surface area contributed by atoms with E-state index < -0.39 is 0 Å². The predicted octanol–water partition coefficient (Wildman–Crippen LogP) is 2.02. The second-order valence-corrected chi connectivity index (χ2v) is 5.79. The van der Waals surface area contributed by atoms with Crippen molar-refractivity contribution in [2.75, 3.05) is 13.3 Å². The van der Waals surface area contributed by atoms with Gasteiger partial charge in [-0.1, -0.05) is 0 Å². The fourth-order valence-corrected chi connectivity index (χ4v) is 3.50. The van der Waals surface area contributed by atoms with Gasteiger partial charge in [-0.25, -0.2) is 4.58 Å². The number of benzene rings is 1. The van der Waals surface area contributed by atoms with Crippen LogP contribution < -0.4 is 9.47 Å². The minimum atomic E-state index is -0.240. The number of ether oxygens (including phenoxy) is 3. The summed E-state index contributed by atoms with van der Waals surface area (Å²) in [6.45, 7) is 2.73. The molecule has 0 saturated carbocycles. The fraction of sp³-hybridized carbons (Fsp3) is 0.500. The normalized spacial score (nSPS) is 25.7. The highest BCUT2D eigenvalue weighted by Gasteiger charge is 2.42. The molecule has 3 aliphatic heterocycles. The lowest BCUT2D eigenvalue weighted by Crippen LogP contribution is -2.42. The van der Waals surface area contributed by atoms with Crippen molar-refractivity contribution >= 4 is 12.2 Å². The SMILES string of the molecule is CC(=O)O[C@@H]1c2cc3c(cc2C=[N+]2CCCC[C@H]12)OCO3. The Bertz CT molecular complexity index is 637. The standard InChI is InChI=1S/C16H18NO4/c1-10(18)21-16-12-7-15-14(19-9-20-15)6-11(12)8-17-5-3-2-4-13(16)17/h6-8,13,16H,2-5,9H2,1H3/q+1/t13-,16-/m1/s1. The number of carbonyl (C=O) groups is 1. The van der Waals surface area contributed by atoms with Gasteiger partial charge in [0.05, 0.1) is 0 Å². The highest BCUT2D eigenvalue weighted by atomic mass is 16.7. The van der Waals surface area contributed by atoms with Crippen molar-refractivity contribution < 1.29 is 23.6 Å². The third kappa shape index (κ3) is 2.07. The van der Waals surface area contributed by atoms with E-state index in [2.05, 4.69) is 10.8 Å². The van der Waals surface area contributed by atoms with Crippen LogP contribution in [0.3, 0.4) is 0 Å². The van der Waals surface area contributed by atoms with Crippen molar-refractivity contribution in [2.45, 2.75) is 38.3 Å². The summed E-state index contributed by atoms with van der Waals surface area (Å²) in [6, 6.07) is 4.18. The van der Waals surface area contributed by atoms with E-state index in [1.165, 1.54) is 19.8 Å². The minimum absolute atomic E-state index is 0.225. The molecular weight excluding hydrogens is 270 g/mol.